The molecule has 7 nitrogen and oxygen atoms in total. The Morgan fingerprint density at radius 1 is 0.886 bits per heavy atom. The number of nitrogens with one attached hydrogen (secondary N) is 3. The third-order valence-corrected chi connectivity index (χ3v) is 7.33. The molecule has 0 saturated carbocycles. The Balaban J connectivity index is 1.55. The Bertz CT molecular complexity index is 974. The van der Waals surface area contributed by atoms with Crippen LogP contribution in [0.1, 0.15) is 62.6 Å². The van der Waals surface area contributed by atoms with Crippen LogP contribution in [-0.4, -0.2) is 53.8 Å². The first-order valence-electron chi connectivity index (χ1n) is 12.7. The second kappa shape index (κ2) is 11.5. The average Bonchev–Trinajstić information content (AvgIpc) is 3.31. The summed E-state index contributed by atoms with van der Waals surface area (Å²) in [6.45, 7) is 1.77. The zero-order valence-electron chi connectivity index (χ0n) is 20.6. The molecule has 2 heterocycles. The Morgan fingerprint density at radius 2 is 1.49 bits per heavy atom. The monoisotopic (exact) mass is 476 g/mol. The van der Waals surface area contributed by atoms with Gasteiger partial charge >= 0.3 is 0 Å². The van der Waals surface area contributed by atoms with Crippen molar-refractivity contribution in [2.24, 2.45) is 0 Å². The SMILES string of the molecule is CN[C@@H](C)C(=O)NC1CCCC[C@H]2CCC(C(=O)NC(c3ccccc3)c3ccccc3)N2C1=O. The van der Waals surface area contributed by atoms with Crippen LogP contribution in [0.3, 0.4) is 0 Å². The van der Waals surface area contributed by atoms with E-state index in [1.165, 1.54) is 0 Å². The Morgan fingerprint density at radius 3 is 2.09 bits per heavy atom. The molecule has 0 aromatic heterocycles. The zero-order valence-corrected chi connectivity index (χ0v) is 20.6. The van der Waals surface area contributed by atoms with E-state index in [1.54, 1.807) is 18.9 Å². The van der Waals surface area contributed by atoms with Gasteiger partial charge in [0.1, 0.15) is 12.1 Å². The second-order valence-corrected chi connectivity index (χ2v) is 9.61. The molecule has 0 radical (unpaired) electrons. The van der Waals surface area contributed by atoms with Crippen LogP contribution in [0.4, 0.5) is 0 Å². The molecule has 186 valence electrons. The first-order chi connectivity index (χ1) is 17.0. The molecule has 3 amide bonds. The number of hydrogen-bond donors (Lipinski definition) is 3. The van der Waals surface area contributed by atoms with Crippen LogP contribution < -0.4 is 16.0 Å². The van der Waals surface area contributed by atoms with Gasteiger partial charge in [-0.3, -0.25) is 14.4 Å². The number of hydrogen-bond acceptors (Lipinski definition) is 4. The lowest BCUT2D eigenvalue weighted by molar-refractivity contribution is -0.144. The Kier molecular flexibility index (Phi) is 8.18. The van der Waals surface area contributed by atoms with Gasteiger partial charge < -0.3 is 20.9 Å². The minimum absolute atomic E-state index is 0.0339. The standard InChI is InChI=1S/C28H36N4O3/c1-19(29-2)26(33)30-23-16-10-9-15-22-17-18-24(32(22)28(23)35)27(34)31-25(20-11-5-3-6-12-20)21-13-7-4-8-14-21/h3-8,11-14,19,22-25,29H,9-10,15-18H2,1-2H3,(H,30,33)(H,31,34)/t19-,22-,23?,24?/m0/s1. The highest BCUT2D eigenvalue weighted by Gasteiger charge is 2.44. The van der Waals surface area contributed by atoms with Crippen molar-refractivity contribution in [1.29, 1.82) is 0 Å². The van der Waals surface area contributed by atoms with E-state index in [1.807, 2.05) is 60.7 Å². The molecule has 4 rings (SSSR count). The highest BCUT2D eigenvalue weighted by atomic mass is 16.2. The Hall–Kier alpha value is -3.19. The lowest BCUT2D eigenvalue weighted by Gasteiger charge is -2.36. The quantitative estimate of drug-likeness (QED) is 0.573. The first-order valence-corrected chi connectivity index (χ1v) is 12.7. The number of carbonyl (C=O) groups is 3. The third-order valence-electron chi connectivity index (χ3n) is 7.33. The summed E-state index contributed by atoms with van der Waals surface area (Å²) in [6, 6.07) is 18.0. The fourth-order valence-corrected chi connectivity index (χ4v) is 5.24. The highest BCUT2D eigenvalue weighted by molar-refractivity contribution is 5.94. The summed E-state index contributed by atoms with van der Waals surface area (Å²) >= 11 is 0. The van der Waals surface area contributed by atoms with E-state index in [0.29, 0.717) is 12.8 Å². The molecule has 0 bridgehead atoms. The smallest absolute Gasteiger partial charge is 0.246 e. The molecule has 2 aliphatic heterocycles. The van der Waals surface area contributed by atoms with Gasteiger partial charge in [0.05, 0.1) is 12.1 Å². The molecule has 4 atom stereocenters. The van der Waals surface area contributed by atoms with E-state index in [4.69, 9.17) is 0 Å². The molecule has 2 fully saturated rings. The maximum atomic E-state index is 13.7. The van der Waals surface area contributed by atoms with Gasteiger partial charge in [0, 0.05) is 6.04 Å². The van der Waals surface area contributed by atoms with Crippen LogP contribution in [-0.2, 0) is 14.4 Å². The number of carbonyl (C=O) groups excluding carboxylic acids is 3. The second-order valence-electron chi connectivity index (χ2n) is 9.61. The lowest BCUT2D eigenvalue weighted by atomic mass is 9.98. The zero-order chi connectivity index (χ0) is 24.8. The van der Waals surface area contributed by atoms with Gasteiger partial charge in [-0.05, 0) is 50.8 Å². The minimum Gasteiger partial charge on any atom is -0.343 e. The van der Waals surface area contributed by atoms with Crippen molar-refractivity contribution < 1.29 is 14.4 Å². The number of nitrogens with zero attached hydrogens (tertiary/aromatic N) is 1. The van der Waals surface area contributed by atoms with Gasteiger partial charge in [-0.25, -0.2) is 0 Å². The summed E-state index contributed by atoms with van der Waals surface area (Å²) in [5.41, 5.74) is 1.98. The average molecular weight is 477 g/mol. The van der Waals surface area contributed by atoms with E-state index in [9.17, 15) is 14.4 Å². The molecule has 2 saturated heterocycles. The van der Waals surface area contributed by atoms with Crippen molar-refractivity contribution in [3.63, 3.8) is 0 Å². The molecular formula is C28H36N4O3. The molecule has 2 unspecified atom stereocenters. The molecule has 2 aliphatic rings. The van der Waals surface area contributed by atoms with Crippen molar-refractivity contribution in [2.75, 3.05) is 7.05 Å². The molecule has 3 N–H and O–H groups in total. The van der Waals surface area contributed by atoms with E-state index < -0.39 is 12.1 Å². The van der Waals surface area contributed by atoms with Crippen molar-refractivity contribution >= 4 is 17.7 Å². The van der Waals surface area contributed by atoms with E-state index >= 15 is 0 Å². The maximum Gasteiger partial charge on any atom is 0.246 e. The van der Waals surface area contributed by atoms with Gasteiger partial charge in [-0.2, -0.15) is 0 Å². The highest BCUT2D eigenvalue weighted by Crippen LogP contribution is 2.32. The fourth-order valence-electron chi connectivity index (χ4n) is 5.24. The minimum atomic E-state index is -0.603. The number of fused-ring (bicyclic) bond motifs is 1. The molecule has 2 aromatic carbocycles. The predicted octanol–water partition coefficient (Wildman–Crippen LogP) is 2.92. The number of benzene rings is 2. The number of likely N-dealkylation sites (N-methyl/N-ethyl adjacent to an activating group) is 1. The molecule has 7 heteroatoms. The molecule has 2 aromatic rings. The summed E-state index contributed by atoms with van der Waals surface area (Å²) in [5, 5.41) is 9.08. The number of rotatable bonds is 7. The summed E-state index contributed by atoms with van der Waals surface area (Å²) in [7, 11) is 1.72. The van der Waals surface area contributed by atoms with Gasteiger partial charge in [0.15, 0.2) is 0 Å². The van der Waals surface area contributed by atoms with Crippen LogP contribution in [0.25, 0.3) is 0 Å². The normalized spacial score (nSPS) is 23.2. The van der Waals surface area contributed by atoms with E-state index in [-0.39, 0.29) is 35.8 Å². The predicted molar refractivity (Wildman–Crippen MR) is 135 cm³/mol. The number of amides is 3. The van der Waals surface area contributed by atoms with Crippen molar-refractivity contribution in [3.05, 3.63) is 71.8 Å². The summed E-state index contributed by atoms with van der Waals surface area (Å²) < 4.78 is 0. The molecule has 0 aliphatic carbocycles. The van der Waals surface area contributed by atoms with Crippen LogP contribution in [0, 0.1) is 0 Å². The fraction of sp³-hybridized carbons (Fsp3) is 0.464. The van der Waals surface area contributed by atoms with E-state index in [0.717, 1.165) is 36.8 Å². The lowest BCUT2D eigenvalue weighted by Crippen LogP contribution is -2.58. The van der Waals surface area contributed by atoms with Crippen molar-refractivity contribution in [3.8, 4) is 0 Å². The van der Waals surface area contributed by atoms with Crippen LogP contribution in [0.2, 0.25) is 0 Å². The van der Waals surface area contributed by atoms with Gasteiger partial charge in [-0.15, -0.1) is 0 Å². The molecule has 35 heavy (non-hydrogen) atoms. The van der Waals surface area contributed by atoms with Crippen LogP contribution >= 0.6 is 0 Å². The van der Waals surface area contributed by atoms with Gasteiger partial charge in [-0.1, -0.05) is 73.5 Å². The largest absolute Gasteiger partial charge is 0.343 e. The van der Waals surface area contributed by atoms with Crippen LogP contribution in [0.5, 0.6) is 0 Å². The maximum absolute atomic E-state index is 13.7. The molecular weight excluding hydrogens is 440 g/mol. The van der Waals surface area contributed by atoms with Crippen molar-refractivity contribution in [1.82, 2.24) is 20.9 Å². The summed E-state index contributed by atoms with van der Waals surface area (Å²) in [5.74, 6) is -0.482. The third kappa shape index (κ3) is 5.73. The molecule has 0 spiro atoms. The Labute approximate surface area is 207 Å². The van der Waals surface area contributed by atoms with Crippen LogP contribution in [0.15, 0.2) is 60.7 Å². The summed E-state index contributed by atoms with van der Waals surface area (Å²) in [4.78, 5) is 41.7. The van der Waals surface area contributed by atoms with E-state index in [2.05, 4.69) is 16.0 Å². The van der Waals surface area contributed by atoms with Gasteiger partial charge in [0.2, 0.25) is 17.7 Å². The van der Waals surface area contributed by atoms with Crippen molar-refractivity contribution in [2.45, 2.75) is 75.7 Å². The summed E-state index contributed by atoms with van der Waals surface area (Å²) in [6.07, 6.45) is 4.79. The topological polar surface area (TPSA) is 90.5 Å². The first kappa shape index (κ1) is 24.9. The van der Waals surface area contributed by atoms with Gasteiger partial charge in [0.25, 0.3) is 0 Å².